The smallest absolute Gasteiger partial charge is 0.336 e. The fraction of sp³-hybridized carbons (Fsp3) is 0.462. The third-order valence-electron chi connectivity index (χ3n) is 2.68. The van der Waals surface area contributed by atoms with Gasteiger partial charge in [0.05, 0.1) is 5.56 Å². The third-order valence-corrected chi connectivity index (χ3v) is 3.18. The van der Waals surface area contributed by atoms with Crippen LogP contribution in [0.3, 0.4) is 0 Å². The monoisotopic (exact) mass is 238 g/mol. The first-order valence-electron chi connectivity index (χ1n) is 5.44. The fourth-order valence-electron chi connectivity index (χ4n) is 1.62. The molecule has 0 radical (unpaired) electrons. The largest absolute Gasteiger partial charge is 0.478 e. The molecule has 16 heavy (non-hydrogen) atoms. The molecule has 0 aliphatic heterocycles. The third kappa shape index (κ3) is 2.59. The minimum absolute atomic E-state index is 0.282. The molecule has 1 aromatic rings. The van der Waals surface area contributed by atoms with Gasteiger partial charge in [0, 0.05) is 4.90 Å². The first-order chi connectivity index (χ1) is 7.34. The Labute approximate surface area is 102 Å². The van der Waals surface area contributed by atoms with Crippen LogP contribution in [0.5, 0.6) is 0 Å². The molecule has 0 aliphatic carbocycles. The molecule has 0 bridgehead atoms. The number of benzene rings is 1. The van der Waals surface area contributed by atoms with Crippen molar-refractivity contribution in [3.63, 3.8) is 0 Å². The number of thiol groups is 1. The average Bonchev–Trinajstić information content (AvgIpc) is 2.16. The lowest BCUT2D eigenvalue weighted by molar-refractivity contribution is 0.0693. The highest BCUT2D eigenvalue weighted by molar-refractivity contribution is 7.80. The maximum atomic E-state index is 11.1. The Morgan fingerprint density at radius 3 is 2.12 bits per heavy atom. The van der Waals surface area contributed by atoms with E-state index >= 15 is 0 Å². The fourth-order valence-corrected chi connectivity index (χ4v) is 2.10. The quantitative estimate of drug-likeness (QED) is 0.783. The molecule has 0 spiro atoms. The zero-order valence-electron chi connectivity index (χ0n) is 10.1. The van der Waals surface area contributed by atoms with Crippen molar-refractivity contribution in [1.82, 2.24) is 0 Å². The van der Waals surface area contributed by atoms with Crippen molar-refractivity contribution in [3.8, 4) is 0 Å². The van der Waals surface area contributed by atoms with Crippen molar-refractivity contribution in [2.24, 2.45) is 0 Å². The predicted molar refractivity (Wildman–Crippen MR) is 68.8 cm³/mol. The SMILES string of the molecule is CC(C)c1cc(C(=O)O)c(S)c(C(C)C)c1. The van der Waals surface area contributed by atoms with Crippen LogP contribution >= 0.6 is 12.6 Å². The second kappa shape index (κ2) is 4.91. The summed E-state index contributed by atoms with van der Waals surface area (Å²) in [5.41, 5.74) is 2.36. The molecule has 2 nitrogen and oxygen atoms in total. The number of hydrogen-bond donors (Lipinski definition) is 2. The van der Waals surface area contributed by atoms with Gasteiger partial charge < -0.3 is 5.11 Å². The molecule has 0 saturated heterocycles. The Hall–Kier alpha value is -0.960. The van der Waals surface area contributed by atoms with Crippen LogP contribution in [0.15, 0.2) is 17.0 Å². The average molecular weight is 238 g/mol. The van der Waals surface area contributed by atoms with E-state index in [0.717, 1.165) is 11.1 Å². The summed E-state index contributed by atoms with van der Waals surface area (Å²) >= 11 is 4.32. The minimum atomic E-state index is -0.908. The molecule has 1 aromatic carbocycles. The molecule has 0 aromatic heterocycles. The van der Waals surface area contributed by atoms with E-state index in [2.05, 4.69) is 32.5 Å². The van der Waals surface area contributed by atoms with Crippen molar-refractivity contribution in [2.45, 2.75) is 44.4 Å². The van der Waals surface area contributed by atoms with Gasteiger partial charge in [-0.05, 0) is 29.0 Å². The van der Waals surface area contributed by atoms with Crippen molar-refractivity contribution in [2.75, 3.05) is 0 Å². The highest BCUT2D eigenvalue weighted by atomic mass is 32.1. The predicted octanol–water partition coefficient (Wildman–Crippen LogP) is 3.92. The molecule has 3 heteroatoms. The minimum Gasteiger partial charge on any atom is -0.478 e. The van der Waals surface area contributed by atoms with Crippen LogP contribution in [-0.2, 0) is 0 Å². The van der Waals surface area contributed by atoms with Crippen LogP contribution in [0.2, 0.25) is 0 Å². The van der Waals surface area contributed by atoms with E-state index in [9.17, 15) is 4.79 Å². The van der Waals surface area contributed by atoms with Gasteiger partial charge >= 0.3 is 5.97 Å². The normalized spacial score (nSPS) is 11.2. The lowest BCUT2D eigenvalue weighted by atomic mass is 9.93. The summed E-state index contributed by atoms with van der Waals surface area (Å²) in [5.74, 6) is -0.303. The molecule has 0 amide bonds. The summed E-state index contributed by atoms with van der Waals surface area (Å²) in [6.45, 7) is 8.21. The van der Waals surface area contributed by atoms with E-state index in [-0.39, 0.29) is 5.92 Å². The summed E-state index contributed by atoms with van der Waals surface area (Å²) in [6.07, 6.45) is 0. The van der Waals surface area contributed by atoms with E-state index in [4.69, 9.17) is 5.11 Å². The molecular weight excluding hydrogens is 220 g/mol. The highest BCUT2D eigenvalue weighted by Crippen LogP contribution is 2.30. The van der Waals surface area contributed by atoms with Crippen molar-refractivity contribution < 1.29 is 9.90 Å². The molecule has 0 saturated carbocycles. The van der Waals surface area contributed by atoms with Crippen LogP contribution in [0, 0.1) is 0 Å². The molecule has 1 rings (SSSR count). The number of rotatable bonds is 3. The zero-order chi connectivity index (χ0) is 12.5. The van der Waals surface area contributed by atoms with Gasteiger partial charge in [0.15, 0.2) is 0 Å². The lowest BCUT2D eigenvalue weighted by Crippen LogP contribution is -2.05. The van der Waals surface area contributed by atoms with Crippen molar-refractivity contribution >= 4 is 18.6 Å². The number of carbonyl (C=O) groups is 1. The zero-order valence-corrected chi connectivity index (χ0v) is 11.0. The molecule has 0 unspecified atom stereocenters. The Kier molecular flexibility index (Phi) is 4.03. The van der Waals surface area contributed by atoms with Crippen LogP contribution in [0.1, 0.15) is 61.0 Å². The summed E-state index contributed by atoms with van der Waals surface area (Å²) in [6, 6.07) is 3.78. The Bertz CT molecular complexity index is 409. The number of hydrogen-bond acceptors (Lipinski definition) is 2. The summed E-state index contributed by atoms with van der Waals surface area (Å²) in [4.78, 5) is 11.7. The first-order valence-corrected chi connectivity index (χ1v) is 5.89. The summed E-state index contributed by atoms with van der Waals surface area (Å²) in [5, 5.41) is 9.13. The number of carboxylic acid groups (broad SMARTS) is 1. The molecule has 88 valence electrons. The molecule has 0 aliphatic rings. The highest BCUT2D eigenvalue weighted by Gasteiger charge is 2.16. The maximum absolute atomic E-state index is 11.1. The molecule has 0 atom stereocenters. The van der Waals surface area contributed by atoms with Crippen LogP contribution in [0.25, 0.3) is 0 Å². The standard InChI is InChI=1S/C13H18O2S/c1-7(2)9-5-10(8(3)4)12(16)11(6-9)13(14)15/h5-8,16H,1-4H3,(H,14,15). The van der Waals surface area contributed by atoms with Crippen LogP contribution in [0.4, 0.5) is 0 Å². The second-order valence-electron chi connectivity index (χ2n) is 4.62. The first kappa shape index (κ1) is 13.1. The van der Waals surface area contributed by atoms with E-state index in [0.29, 0.717) is 16.4 Å². The van der Waals surface area contributed by atoms with Gasteiger partial charge in [-0.15, -0.1) is 12.6 Å². The van der Waals surface area contributed by atoms with E-state index < -0.39 is 5.97 Å². The van der Waals surface area contributed by atoms with Gasteiger partial charge in [0.2, 0.25) is 0 Å². The summed E-state index contributed by atoms with van der Waals surface area (Å²) < 4.78 is 0. The van der Waals surface area contributed by atoms with Gasteiger partial charge in [-0.2, -0.15) is 0 Å². The number of carboxylic acids is 1. The van der Waals surface area contributed by atoms with Gasteiger partial charge in [0.25, 0.3) is 0 Å². The van der Waals surface area contributed by atoms with Crippen molar-refractivity contribution in [1.29, 1.82) is 0 Å². The molecule has 1 N–H and O–H groups in total. The molecule has 0 heterocycles. The van der Waals surface area contributed by atoms with Gasteiger partial charge in [-0.25, -0.2) is 4.79 Å². The molecular formula is C13H18O2S. The van der Waals surface area contributed by atoms with E-state index in [1.54, 1.807) is 6.07 Å². The van der Waals surface area contributed by atoms with Gasteiger partial charge in [-0.3, -0.25) is 0 Å². The second-order valence-corrected chi connectivity index (χ2v) is 5.07. The Balaban J connectivity index is 3.45. The Morgan fingerprint density at radius 2 is 1.75 bits per heavy atom. The van der Waals surface area contributed by atoms with E-state index in [1.807, 2.05) is 13.8 Å². The topological polar surface area (TPSA) is 37.3 Å². The van der Waals surface area contributed by atoms with E-state index in [1.165, 1.54) is 0 Å². The van der Waals surface area contributed by atoms with Crippen molar-refractivity contribution in [3.05, 3.63) is 28.8 Å². The molecule has 0 fully saturated rings. The van der Waals surface area contributed by atoms with Gasteiger partial charge in [0.1, 0.15) is 0 Å². The Morgan fingerprint density at radius 1 is 1.19 bits per heavy atom. The van der Waals surface area contributed by atoms with Crippen LogP contribution in [-0.4, -0.2) is 11.1 Å². The number of aromatic carboxylic acids is 1. The maximum Gasteiger partial charge on any atom is 0.336 e. The lowest BCUT2D eigenvalue weighted by Gasteiger charge is -2.16. The van der Waals surface area contributed by atoms with Gasteiger partial charge in [-0.1, -0.05) is 33.8 Å². The summed E-state index contributed by atoms with van der Waals surface area (Å²) in [7, 11) is 0. The van der Waals surface area contributed by atoms with Crippen LogP contribution < -0.4 is 0 Å².